The molecule has 3 aromatic carbocycles. The number of para-hydroxylation sites is 1. The number of carbonyl (C=O) groups is 1. The van der Waals surface area contributed by atoms with E-state index in [0.29, 0.717) is 23.7 Å². The van der Waals surface area contributed by atoms with E-state index in [-0.39, 0.29) is 18.2 Å². The van der Waals surface area contributed by atoms with E-state index < -0.39 is 0 Å². The molecule has 0 amide bonds. The third-order valence-electron chi connectivity index (χ3n) is 3.61. The Labute approximate surface area is 145 Å². The van der Waals surface area contributed by atoms with E-state index in [1.54, 1.807) is 18.2 Å². The Kier molecular flexibility index (Phi) is 5.42. The van der Waals surface area contributed by atoms with Crippen LogP contribution in [0, 0.1) is 5.82 Å². The quantitative estimate of drug-likeness (QED) is 0.588. The molecule has 0 bridgehead atoms. The zero-order valence-electron chi connectivity index (χ0n) is 13.5. The molecule has 0 aromatic heterocycles. The summed E-state index contributed by atoms with van der Waals surface area (Å²) in [5, 5.41) is 0. The maximum Gasteiger partial charge on any atom is 0.203 e. The average molecular weight is 336 g/mol. The molecule has 0 N–H and O–H groups in total. The van der Waals surface area contributed by atoms with Gasteiger partial charge in [0.1, 0.15) is 23.9 Å². The van der Waals surface area contributed by atoms with Crippen molar-refractivity contribution in [3.8, 4) is 11.5 Å². The van der Waals surface area contributed by atoms with Crippen LogP contribution < -0.4 is 9.47 Å². The van der Waals surface area contributed by atoms with Crippen molar-refractivity contribution < 1.29 is 18.7 Å². The first-order valence-corrected chi connectivity index (χ1v) is 7.90. The van der Waals surface area contributed by atoms with Crippen LogP contribution in [-0.2, 0) is 6.61 Å². The lowest BCUT2D eigenvalue weighted by molar-refractivity contribution is 0.0917. The first-order valence-electron chi connectivity index (χ1n) is 7.90. The smallest absolute Gasteiger partial charge is 0.203 e. The second-order valence-electron chi connectivity index (χ2n) is 5.44. The van der Waals surface area contributed by atoms with Crippen molar-refractivity contribution in [3.05, 3.63) is 95.8 Å². The molecule has 3 aromatic rings. The number of hydrogen-bond donors (Lipinski definition) is 0. The molecule has 0 radical (unpaired) electrons. The van der Waals surface area contributed by atoms with Crippen molar-refractivity contribution in [1.29, 1.82) is 0 Å². The first-order chi connectivity index (χ1) is 12.2. The van der Waals surface area contributed by atoms with Crippen LogP contribution in [0.5, 0.6) is 11.5 Å². The van der Waals surface area contributed by atoms with E-state index in [1.165, 1.54) is 24.3 Å². The SMILES string of the molecule is O=C(COc1ccc(F)cc1)c1ccccc1OCc1ccccc1. The molecule has 0 fully saturated rings. The van der Waals surface area contributed by atoms with Gasteiger partial charge < -0.3 is 9.47 Å². The zero-order valence-corrected chi connectivity index (χ0v) is 13.5. The van der Waals surface area contributed by atoms with Crippen LogP contribution in [0.25, 0.3) is 0 Å². The molecular weight excluding hydrogens is 319 g/mol. The van der Waals surface area contributed by atoms with Gasteiger partial charge in [-0.15, -0.1) is 0 Å². The van der Waals surface area contributed by atoms with Crippen LogP contribution >= 0.6 is 0 Å². The minimum atomic E-state index is -0.349. The fourth-order valence-electron chi connectivity index (χ4n) is 2.32. The van der Waals surface area contributed by atoms with Crippen LogP contribution in [0.2, 0.25) is 0 Å². The minimum absolute atomic E-state index is 0.142. The number of ketones is 1. The van der Waals surface area contributed by atoms with E-state index >= 15 is 0 Å². The topological polar surface area (TPSA) is 35.5 Å². The summed E-state index contributed by atoms with van der Waals surface area (Å²) in [6, 6.07) is 22.3. The number of benzene rings is 3. The number of halogens is 1. The second kappa shape index (κ2) is 8.11. The van der Waals surface area contributed by atoms with Crippen LogP contribution in [0.3, 0.4) is 0 Å². The maximum absolute atomic E-state index is 12.9. The van der Waals surface area contributed by atoms with Crippen LogP contribution in [0.4, 0.5) is 4.39 Å². The highest BCUT2D eigenvalue weighted by atomic mass is 19.1. The van der Waals surface area contributed by atoms with Crippen molar-refractivity contribution in [3.63, 3.8) is 0 Å². The third-order valence-corrected chi connectivity index (χ3v) is 3.61. The van der Waals surface area contributed by atoms with Gasteiger partial charge in [-0.1, -0.05) is 42.5 Å². The molecular formula is C21H17FO3. The van der Waals surface area contributed by atoms with E-state index in [4.69, 9.17) is 9.47 Å². The minimum Gasteiger partial charge on any atom is -0.488 e. The summed E-state index contributed by atoms with van der Waals surface area (Å²) in [6.45, 7) is 0.237. The summed E-state index contributed by atoms with van der Waals surface area (Å²) in [6.07, 6.45) is 0. The normalized spacial score (nSPS) is 10.3. The molecule has 0 atom stereocenters. The van der Waals surface area contributed by atoms with E-state index in [1.807, 2.05) is 36.4 Å². The highest BCUT2D eigenvalue weighted by Gasteiger charge is 2.13. The second-order valence-corrected chi connectivity index (χ2v) is 5.44. The molecule has 0 aliphatic carbocycles. The number of ether oxygens (including phenoxy) is 2. The Balaban J connectivity index is 1.64. The lowest BCUT2D eigenvalue weighted by atomic mass is 10.1. The van der Waals surface area contributed by atoms with Gasteiger partial charge in [-0.05, 0) is 42.0 Å². The summed E-state index contributed by atoms with van der Waals surface area (Å²) in [4.78, 5) is 12.4. The van der Waals surface area contributed by atoms with Gasteiger partial charge >= 0.3 is 0 Å². The molecule has 0 unspecified atom stereocenters. The van der Waals surface area contributed by atoms with E-state index in [9.17, 15) is 9.18 Å². The van der Waals surface area contributed by atoms with Crippen molar-refractivity contribution >= 4 is 5.78 Å². The van der Waals surface area contributed by atoms with Crippen molar-refractivity contribution in [2.45, 2.75) is 6.61 Å². The molecule has 0 saturated carbocycles. The van der Waals surface area contributed by atoms with Gasteiger partial charge in [-0.25, -0.2) is 4.39 Å². The Morgan fingerprint density at radius 1 is 0.800 bits per heavy atom. The van der Waals surface area contributed by atoms with Gasteiger partial charge in [0.05, 0.1) is 5.56 Å². The lowest BCUT2D eigenvalue weighted by Gasteiger charge is -2.11. The predicted octanol–water partition coefficient (Wildman–Crippen LogP) is 4.67. The lowest BCUT2D eigenvalue weighted by Crippen LogP contribution is -2.13. The Morgan fingerprint density at radius 2 is 1.48 bits per heavy atom. The molecule has 126 valence electrons. The van der Waals surface area contributed by atoms with Gasteiger partial charge in [-0.2, -0.15) is 0 Å². The molecule has 0 saturated heterocycles. The molecule has 3 nitrogen and oxygen atoms in total. The zero-order chi connectivity index (χ0) is 17.5. The van der Waals surface area contributed by atoms with E-state index in [2.05, 4.69) is 0 Å². The molecule has 4 heteroatoms. The molecule has 0 spiro atoms. The summed E-state index contributed by atoms with van der Waals surface area (Å²) in [5.41, 5.74) is 1.48. The molecule has 3 rings (SSSR count). The highest BCUT2D eigenvalue weighted by molar-refractivity contribution is 5.99. The summed E-state index contributed by atoms with van der Waals surface area (Å²) in [5.74, 6) is 0.405. The average Bonchev–Trinajstić information content (AvgIpc) is 2.67. The first kappa shape index (κ1) is 16.7. The van der Waals surface area contributed by atoms with Gasteiger partial charge in [0.25, 0.3) is 0 Å². The van der Waals surface area contributed by atoms with Gasteiger partial charge in [-0.3, -0.25) is 4.79 Å². The van der Waals surface area contributed by atoms with Gasteiger partial charge in [0.15, 0.2) is 6.61 Å². The number of carbonyl (C=O) groups excluding carboxylic acids is 1. The molecule has 0 heterocycles. The largest absolute Gasteiger partial charge is 0.488 e. The summed E-state index contributed by atoms with van der Waals surface area (Å²) in [7, 11) is 0. The number of rotatable bonds is 7. The maximum atomic E-state index is 12.9. The number of Topliss-reactive ketones (excluding diaryl/α,β-unsaturated/α-hetero) is 1. The monoisotopic (exact) mass is 336 g/mol. The fraction of sp³-hybridized carbons (Fsp3) is 0.0952. The van der Waals surface area contributed by atoms with Gasteiger partial charge in [0.2, 0.25) is 5.78 Å². The summed E-state index contributed by atoms with van der Waals surface area (Å²) >= 11 is 0. The third kappa shape index (κ3) is 4.67. The Bertz CT molecular complexity index is 829. The van der Waals surface area contributed by atoms with Crippen molar-refractivity contribution in [2.24, 2.45) is 0 Å². The fourth-order valence-corrected chi connectivity index (χ4v) is 2.32. The Hall–Kier alpha value is -3.14. The van der Waals surface area contributed by atoms with E-state index in [0.717, 1.165) is 5.56 Å². The number of hydrogen-bond acceptors (Lipinski definition) is 3. The standard InChI is InChI=1S/C21H17FO3/c22-17-10-12-18(13-11-17)24-15-20(23)19-8-4-5-9-21(19)25-14-16-6-2-1-3-7-16/h1-13H,14-15H2. The Morgan fingerprint density at radius 3 is 2.24 bits per heavy atom. The molecule has 0 aliphatic rings. The van der Waals surface area contributed by atoms with Crippen molar-refractivity contribution in [2.75, 3.05) is 6.61 Å². The van der Waals surface area contributed by atoms with Crippen molar-refractivity contribution in [1.82, 2.24) is 0 Å². The molecule has 0 aliphatic heterocycles. The highest BCUT2D eigenvalue weighted by Crippen LogP contribution is 2.21. The van der Waals surface area contributed by atoms with Crippen LogP contribution in [-0.4, -0.2) is 12.4 Å². The summed E-state index contributed by atoms with van der Waals surface area (Å²) < 4.78 is 24.1. The van der Waals surface area contributed by atoms with Crippen LogP contribution in [0.15, 0.2) is 78.9 Å². The van der Waals surface area contributed by atoms with Crippen LogP contribution in [0.1, 0.15) is 15.9 Å². The molecule has 25 heavy (non-hydrogen) atoms. The predicted molar refractivity (Wildman–Crippen MR) is 93.4 cm³/mol. The van der Waals surface area contributed by atoms with Gasteiger partial charge in [0, 0.05) is 0 Å².